The predicted octanol–water partition coefficient (Wildman–Crippen LogP) is 1.24. The number of hydrogen-bond acceptors (Lipinski definition) is 2. The molecule has 0 aromatic rings. The molecular formula is C11H24N4. The molecule has 15 heavy (non-hydrogen) atoms. The zero-order chi connectivity index (χ0) is 11.3. The third kappa shape index (κ3) is 3.38. The van der Waals surface area contributed by atoms with Gasteiger partial charge in [0.2, 0.25) is 5.96 Å². The van der Waals surface area contributed by atoms with Crippen molar-refractivity contribution in [1.29, 1.82) is 0 Å². The molecule has 4 N–H and O–H groups in total. The highest BCUT2D eigenvalue weighted by molar-refractivity contribution is 5.79. The van der Waals surface area contributed by atoms with Crippen LogP contribution in [0.15, 0.2) is 4.99 Å². The summed E-state index contributed by atoms with van der Waals surface area (Å²) >= 11 is 0. The van der Waals surface area contributed by atoms with Crippen LogP contribution in [0.25, 0.3) is 0 Å². The SMILES string of the molecule is CN=C(NN)NC1CCCCC1C(C)C. The molecule has 4 heteroatoms. The minimum absolute atomic E-state index is 0.522. The van der Waals surface area contributed by atoms with Crippen LogP contribution in [0.4, 0.5) is 0 Å². The van der Waals surface area contributed by atoms with Crippen LogP contribution in [0.5, 0.6) is 0 Å². The molecule has 4 nitrogen and oxygen atoms in total. The number of nitrogens with zero attached hydrogens (tertiary/aromatic N) is 1. The molecule has 0 aromatic carbocycles. The van der Waals surface area contributed by atoms with E-state index < -0.39 is 0 Å². The van der Waals surface area contributed by atoms with Crippen LogP contribution in [-0.4, -0.2) is 19.0 Å². The Hall–Kier alpha value is -0.770. The number of hydrazine groups is 1. The third-order valence-electron chi connectivity index (χ3n) is 3.36. The van der Waals surface area contributed by atoms with E-state index in [1.807, 2.05) is 0 Å². The van der Waals surface area contributed by atoms with Crippen LogP contribution in [-0.2, 0) is 0 Å². The summed E-state index contributed by atoms with van der Waals surface area (Å²) < 4.78 is 0. The Kier molecular flexibility index (Phi) is 4.88. The van der Waals surface area contributed by atoms with Gasteiger partial charge in [0.25, 0.3) is 0 Å². The molecule has 0 aromatic heterocycles. The van der Waals surface area contributed by atoms with Gasteiger partial charge in [-0.25, -0.2) is 5.84 Å². The molecule has 1 aliphatic carbocycles. The van der Waals surface area contributed by atoms with Gasteiger partial charge in [-0.05, 0) is 24.7 Å². The Morgan fingerprint density at radius 1 is 1.33 bits per heavy atom. The Labute approximate surface area is 92.7 Å². The molecule has 0 bridgehead atoms. The number of aliphatic imine (C=N–C) groups is 1. The Morgan fingerprint density at radius 2 is 2.00 bits per heavy atom. The molecule has 1 saturated carbocycles. The van der Waals surface area contributed by atoms with Gasteiger partial charge in [0.05, 0.1) is 0 Å². The van der Waals surface area contributed by atoms with Crippen LogP contribution in [0, 0.1) is 11.8 Å². The van der Waals surface area contributed by atoms with Crippen LogP contribution < -0.4 is 16.6 Å². The van der Waals surface area contributed by atoms with E-state index in [9.17, 15) is 0 Å². The summed E-state index contributed by atoms with van der Waals surface area (Å²) in [6.07, 6.45) is 5.21. The van der Waals surface area contributed by atoms with E-state index in [0.717, 1.165) is 11.8 Å². The first-order valence-corrected chi connectivity index (χ1v) is 5.89. The summed E-state index contributed by atoms with van der Waals surface area (Å²) in [6.45, 7) is 4.59. The monoisotopic (exact) mass is 212 g/mol. The van der Waals surface area contributed by atoms with Crippen molar-refractivity contribution in [2.24, 2.45) is 22.7 Å². The van der Waals surface area contributed by atoms with Crippen molar-refractivity contribution in [3.8, 4) is 0 Å². The minimum Gasteiger partial charge on any atom is -0.352 e. The number of guanidine groups is 1. The molecule has 0 spiro atoms. The van der Waals surface area contributed by atoms with Gasteiger partial charge < -0.3 is 5.32 Å². The van der Waals surface area contributed by atoms with E-state index >= 15 is 0 Å². The van der Waals surface area contributed by atoms with Crippen molar-refractivity contribution >= 4 is 5.96 Å². The topological polar surface area (TPSA) is 62.4 Å². The van der Waals surface area contributed by atoms with Crippen LogP contribution >= 0.6 is 0 Å². The summed E-state index contributed by atoms with van der Waals surface area (Å²) in [4.78, 5) is 4.06. The zero-order valence-electron chi connectivity index (χ0n) is 10.1. The first kappa shape index (κ1) is 12.3. The van der Waals surface area contributed by atoms with Crippen molar-refractivity contribution < 1.29 is 0 Å². The van der Waals surface area contributed by atoms with Gasteiger partial charge >= 0.3 is 0 Å². The smallest absolute Gasteiger partial charge is 0.205 e. The minimum atomic E-state index is 0.522. The van der Waals surface area contributed by atoms with Crippen molar-refractivity contribution in [3.05, 3.63) is 0 Å². The van der Waals surface area contributed by atoms with Gasteiger partial charge in [-0.3, -0.25) is 10.4 Å². The summed E-state index contributed by atoms with van der Waals surface area (Å²) in [5, 5.41) is 3.40. The molecule has 2 atom stereocenters. The molecule has 0 saturated heterocycles. The second-order valence-electron chi connectivity index (χ2n) is 4.66. The summed E-state index contributed by atoms with van der Waals surface area (Å²) in [5.74, 6) is 7.54. The largest absolute Gasteiger partial charge is 0.352 e. The second-order valence-corrected chi connectivity index (χ2v) is 4.66. The average molecular weight is 212 g/mol. The maximum atomic E-state index is 5.38. The van der Waals surface area contributed by atoms with Gasteiger partial charge in [0, 0.05) is 13.1 Å². The van der Waals surface area contributed by atoms with Gasteiger partial charge in [-0.15, -0.1) is 0 Å². The molecule has 0 aliphatic heterocycles. The van der Waals surface area contributed by atoms with E-state index in [4.69, 9.17) is 5.84 Å². The highest BCUT2D eigenvalue weighted by Gasteiger charge is 2.27. The van der Waals surface area contributed by atoms with Crippen LogP contribution in [0.1, 0.15) is 39.5 Å². The lowest BCUT2D eigenvalue weighted by atomic mass is 9.78. The highest BCUT2D eigenvalue weighted by atomic mass is 15.3. The van der Waals surface area contributed by atoms with Crippen molar-refractivity contribution in [1.82, 2.24) is 10.7 Å². The first-order chi connectivity index (χ1) is 7.19. The van der Waals surface area contributed by atoms with Gasteiger partial charge in [0.1, 0.15) is 0 Å². The van der Waals surface area contributed by atoms with E-state index in [2.05, 4.69) is 29.6 Å². The number of hydrogen-bond donors (Lipinski definition) is 3. The molecule has 1 aliphatic rings. The van der Waals surface area contributed by atoms with E-state index in [-0.39, 0.29) is 0 Å². The van der Waals surface area contributed by atoms with E-state index in [1.165, 1.54) is 25.7 Å². The summed E-state index contributed by atoms with van der Waals surface area (Å²) in [5.41, 5.74) is 2.60. The van der Waals surface area contributed by atoms with Crippen LogP contribution in [0.3, 0.4) is 0 Å². The van der Waals surface area contributed by atoms with Crippen molar-refractivity contribution in [2.75, 3.05) is 7.05 Å². The Bertz CT molecular complexity index is 213. The number of nitrogens with two attached hydrogens (primary N) is 1. The maximum Gasteiger partial charge on any atom is 0.205 e. The number of nitrogens with one attached hydrogen (secondary N) is 2. The fourth-order valence-electron chi connectivity index (χ4n) is 2.48. The predicted molar refractivity (Wildman–Crippen MR) is 64.4 cm³/mol. The Balaban J connectivity index is 2.56. The summed E-state index contributed by atoms with van der Waals surface area (Å²) in [7, 11) is 1.75. The lowest BCUT2D eigenvalue weighted by Crippen LogP contribution is -2.50. The van der Waals surface area contributed by atoms with E-state index in [1.54, 1.807) is 7.05 Å². The molecular weight excluding hydrogens is 188 g/mol. The normalized spacial score (nSPS) is 27.9. The second kappa shape index (κ2) is 5.95. The van der Waals surface area contributed by atoms with Crippen LogP contribution in [0.2, 0.25) is 0 Å². The zero-order valence-corrected chi connectivity index (χ0v) is 10.1. The van der Waals surface area contributed by atoms with Crippen molar-refractivity contribution in [3.63, 3.8) is 0 Å². The lowest BCUT2D eigenvalue weighted by Gasteiger charge is -2.35. The molecule has 2 unspecified atom stereocenters. The Morgan fingerprint density at radius 3 is 2.53 bits per heavy atom. The molecule has 0 amide bonds. The molecule has 0 heterocycles. The van der Waals surface area contributed by atoms with E-state index in [0.29, 0.717) is 12.0 Å². The molecule has 88 valence electrons. The third-order valence-corrected chi connectivity index (χ3v) is 3.36. The summed E-state index contributed by atoms with van der Waals surface area (Å²) in [6, 6.07) is 0.522. The average Bonchev–Trinajstić information content (AvgIpc) is 2.26. The molecule has 1 rings (SSSR count). The van der Waals surface area contributed by atoms with Gasteiger partial charge in [0.15, 0.2) is 0 Å². The van der Waals surface area contributed by atoms with Gasteiger partial charge in [-0.1, -0.05) is 26.7 Å². The highest BCUT2D eigenvalue weighted by Crippen LogP contribution is 2.29. The number of rotatable bonds is 2. The van der Waals surface area contributed by atoms with Gasteiger partial charge in [-0.2, -0.15) is 0 Å². The first-order valence-electron chi connectivity index (χ1n) is 5.89. The lowest BCUT2D eigenvalue weighted by molar-refractivity contribution is 0.223. The quantitative estimate of drug-likeness (QED) is 0.279. The maximum absolute atomic E-state index is 5.38. The molecule has 0 radical (unpaired) electrons. The fraction of sp³-hybridized carbons (Fsp3) is 0.909. The standard InChI is InChI=1S/C11H24N4/c1-8(2)9-6-4-5-7-10(9)14-11(13-3)15-12/h8-10H,4-7,12H2,1-3H3,(H2,13,14,15). The fourth-order valence-corrected chi connectivity index (χ4v) is 2.48. The van der Waals surface area contributed by atoms with Crippen molar-refractivity contribution in [2.45, 2.75) is 45.6 Å². The molecule has 1 fully saturated rings.